The Balaban J connectivity index is 2.18. The van der Waals surface area contributed by atoms with E-state index in [1.807, 2.05) is 0 Å². The van der Waals surface area contributed by atoms with Crippen LogP contribution in [0, 0.1) is 0 Å². The molecule has 0 fully saturated rings. The van der Waals surface area contributed by atoms with Crippen LogP contribution in [0.25, 0.3) is 0 Å². The van der Waals surface area contributed by atoms with Gasteiger partial charge in [0, 0.05) is 6.07 Å². The van der Waals surface area contributed by atoms with E-state index in [-0.39, 0.29) is 22.3 Å². The molecular weight excluding hydrogens is 270 g/mol. The maximum atomic E-state index is 11.9. The molecule has 1 aromatic carbocycles. The molecule has 0 saturated heterocycles. The van der Waals surface area contributed by atoms with E-state index in [9.17, 15) is 9.90 Å². The fourth-order valence-electron chi connectivity index (χ4n) is 1.39. The topological polar surface area (TPSA) is 84.3 Å². The van der Waals surface area contributed by atoms with Crippen LogP contribution in [0.3, 0.4) is 0 Å². The molecule has 7 heteroatoms. The minimum atomic E-state index is -0.503. The second-order valence-electron chi connectivity index (χ2n) is 3.56. The summed E-state index contributed by atoms with van der Waals surface area (Å²) in [5, 5.41) is 12.4. The van der Waals surface area contributed by atoms with Crippen LogP contribution in [0.15, 0.2) is 30.6 Å². The lowest BCUT2D eigenvalue weighted by Gasteiger charge is -2.07. The van der Waals surface area contributed by atoms with Crippen LogP contribution >= 0.6 is 11.6 Å². The largest absolute Gasteiger partial charge is 0.507 e. The van der Waals surface area contributed by atoms with E-state index in [4.69, 9.17) is 16.3 Å². The summed E-state index contributed by atoms with van der Waals surface area (Å²) < 4.78 is 4.93. The van der Waals surface area contributed by atoms with Gasteiger partial charge in [-0.25, -0.2) is 9.97 Å². The molecule has 0 spiro atoms. The first-order valence-corrected chi connectivity index (χ1v) is 5.64. The smallest absolute Gasteiger partial charge is 0.260 e. The zero-order chi connectivity index (χ0) is 13.8. The quantitative estimate of drug-likeness (QED) is 0.899. The highest BCUT2D eigenvalue weighted by molar-refractivity contribution is 6.29. The summed E-state index contributed by atoms with van der Waals surface area (Å²) >= 11 is 5.58. The van der Waals surface area contributed by atoms with Gasteiger partial charge in [-0.2, -0.15) is 0 Å². The molecule has 1 amide bonds. The highest BCUT2D eigenvalue weighted by Crippen LogP contribution is 2.23. The fraction of sp³-hybridized carbons (Fsp3) is 0.0833. The number of ether oxygens (including phenoxy) is 1. The average molecular weight is 280 g/mol. The van der Waals surface area contributed by atoms with Crippen LogP contribution in [0.5, 0.6) is 11.5 Å². The van der Waals surface area contributed by atoms with E-state index in [0.717, 1.165) is 0 Å². The summed E-state index contributed by atoms with van der Waals surface area (Å²) in [6, 6.07) is 4.37. The van der Waals surface area contributed by atoms with Crippen molar-refractivity contribution in [3.8, 4) is 11.5 Å². The first kappa shape index (κ1) is 13.1. The Labute approximate surface area is 114 Å². The molecule has 0 radical (unpaired) electrons. The van der Waals surface area contributed by atoms with Crippen LogP contribution < -0.4 is 10.1 Å². The lowest BCUT2D eigenvalue weighted by Crippen LogP contribution is -2.13. The van der Waals surface area contributed by atoms with Crippen molar-refractivity contribution in [2.24, 2.45) is 0 Å². The summed E-state index contributed by atoms with van der Waals surface area (Å²) in [4.78, 5) is 19.6. The number of hydrogen-bond donors (Lipinski definition) is 2. The van der Waals surface area contributed by atoms with Gasteiger partial charge in [-0.3, -0.25) is 4.79 Å². The van der Waals surface area contributed by atoms with Gasteiger partial charge >= 0.3 is 0 Å². The lowest BCUT2D eigenvalue weighted by atomic mass is 10.2. The summed E-state index contributed by atoms with van der Waals surface area (Å²) in [7, 11) is 1.47. The van der Waals surface area contributed by atoms with Crippen molar-refractivity contribution in [1.82, 2.24) is 9.97 Å². The number of aromatic nitrogens is 2. The van der Waals surface area contributed by atoms with E-state index in [1.165, 1.54) is 31.6 Å². The fourth-order valence-corrected chi connectivity index (χ4v) is 1.49. The average Bonchev–Trinajstić information content (AvgIpc) is 2.41. The molecule has 0 aliphatic heterocycles. The molecular formula is C12H10ClN3O3. The molecule has 0 saturated carbocycles. The number of nitrogens with zero attached hydrogens (tertiary/aromatic N) is 2. The van der Waals surface area contributed by atoms with Crippen molar-refractivity contribution in [2.45, 2.75) is 0 Å². The van der Waals surface area contributed by atoms with Crippen LogP contribution in [-0.2, 0) is 0 Å². The van der Waals surface area contributed by atoms with Gasteiger partial charge in [-0.15, -0.1) is 0 Å². The lowest BCUT2D eigenvalue weighted by molar-refractivity contribution is 0.102. The molecule has 1 aromatic heterocycles. The summed E-state index contributed by atoms with van der Waals surface area (Å²) in [5.74, 6) is 0.0144. The van der Waals surface area contributed by atoms with E-state index in [2.05, 4.69) is 15.3 Å². The van der Waals surface area contributed by atoms with Gasteiger partial charge in [0.1, 0.15) is 16.7 Å². The Morgan fingerprint density at radius 3 is 2.74 bits per heavy atom. The normalized spacial score (nSPS) is 10.0. The molecule has 0 atom stereocenters. The van der Waals surface area contributed by atoms with Gasteiger partial charge in [-0.1, -0.05) is 11.6 Å². The van der Waals surface area contributed by atoms with Gasteiger partial charge in [0.2, 0.25) is 0 Å². The van der Waals surface area contributed by atoms with E-state index < -0.39 is 5.91 Å². The summed E-state index contributed by atoms with van der Waals surface area (Å²) in [6.45, 7) is 0. The molecule has 0 unspecified atom stereocenters. The number of aromatic hydroxyl groups is 1. The van der Waals surface area contributed by atoms with Crippen molar-refractivity contribution < 1.29 is 14.6 Å². The number of hydrogen-bond acceptors (Lipinski definition) is 5. The van der Waals surface area contributed by atoms with E-state index >= 15 is 0 Å². The molecule has 6 nitrogen and oxygen atoms in total. The predicted molar refractivity (Wildman–Crippen MR) is 69.7 cm³/mol. The van der Waals surface area contributed by atoms with Gasteiger partial charge in [0.05, 0.1) is 25.1 Å². The molecule has 2 N–H and O–H groups in total. The number of phenols is 1. The first-order chi connectivity index (χ1) is 9.10. The first-order valence-electron chi connectivity index (χ1n) is 5.26. The number of benzene rings is 1. The van der Waals surface area contributed by atoms with Crippen molar-refractivity contribution in [3.63, 3.8) is 0 Å². The van der Waals surface area contributed by atoms with Crippen molar-refractivity contribution in [3.05, 3.63) is 41.3 Å². The highest BCUT2D eigenvalue weighted by Gasteiger charge is 2.12. The SMILES string of the molecule is COc1ccc(C(=O)Nc2cnc(Cl)cn2)c(O)c1. The van der Waals surface area contributed by atoms with Gasteiger partial charge in [0.25, 0.3) is 5.91 Å². The molecule has 2 aromatic rings. The Kier molecular flexibility index (Phi) is 3.82. The zero-order valence-electron chi connectivity index (χ0n) is 9.92. The van der Waals surface area contributed by atoms with E-state index in [0.29, 0.717) is 5.75 Å². The summed E-state index contributed by atoms with van der Waals surface area (Å²) in [6.07, 6.45) is 2.63. The Hall–Kier alpha value is -2.34. The van der Waals surface area contributed by atoms with Crippen molar-refractivity contribution in [1.29, 1.82) is 0 Å². The minimum absolute atomic E-state index is 0.109. The molecule has 0 aliphatic rings. The maximum absolute atomic E-state index is 11.9. The van der Waals surface area contributed by atoms with Crippen LogP contribution in [0.2, 0.25) is 5.15 Å². The second kappa shape index (κ2) is 5.53. The Morgan fingerprint density at radius 1 is 1.37 bits per heavy atom. The van der Waals surface area contributed by atoms with Crippen LogP contribution in [-0.4, -0.2) is 28.1 Å². The van der Waals surface area contributed by atoms with Crippen LogP contribution in [0.4, 0.5) is 5.82 Å². The number of rotatable bonds is 3. The molecule has 98 valence electrons. The van der Waals surface area contributed by atoms with Crippen LogP contribution in [0.1, 0.15) is 10.4 Å². The second-order valence-corrected chi connectivity index (χ2v) is 3.95. The summed E-state index contributed by atoms with van der Waals surface area (Å²) in [5.41, 5.74) is 0.109. The molecule has 0 bridgehead atoms. The number of anilines is 1. The molecule has 0 aliphatic carbocycles. The zero-order valence-corrected chi connectivity index (χ0v) is 10.7. The van der Waals surface area contributed by atoms with Crippen molar-refractivity contribution in [2.75, 3.05) is 12.4 Å². The Bertz CT molecular complexity index is 602. The monoisotopic (exact) mass is 279 g/mol. The molecule has 1 heterocycles. The number of halogens is 1. The van der Waals surface area contributed by atoms with Gasteiger partial charge in [-0.05, 0) is 12.1 Å². The number of nitrogens with one attached hydrogen (secondary N) is 1. The number of phenolic OH excluding ortho intramolecular Hbond substituents is 1. The molecule has 2 rings (SSSR count). The highest BCUT2D eigenvalue weighted by atomic mass is 35.5. The molecule has 19 heavy (non-hydrogen) atoms. The van der Waals surface area contributed by atoms with Crippen molar-refractivity contribution >= 4 is 23.3 Å². The number of amides is 1. The third kappa shape index (κ3) is 3.11. The number of carbonyl (C=O) groups excluding carboxylic acids is 1. The van der Waals surface area contributed by atoms with E-state index in [1.54, 1.807) is 6.07 Å². The third-order valence-electron chi connectivity index (χ3n) is 2.31. The standard InChI is InChI=1S/C12H10ClN3O3/c1-19-7-2-3-8(9(17)4-7)12(18)16-11-6-14-10(13)5-15-11/h2-6,17H,1H3,(H,15,16,18). The number of carbonyl (C=O) groups is 1. The maximum Gasteiger partial charge on any atom is 0.260 e. The van der Waals surface area contributed by atoms with Gasteiger partial charge in [0.15, 0.2) is 5.82 Å². The predicted octanol–water partition coefficient (Wildman–Crippen LogP) is 2.10. The van der Waals surface area contributed by atoms with Gasteiger partial charge < -0.3 is 15.2 Å². The third-order valence-corrected chi connectivity index (χ3v) is 2.51. The Morgan fingerprint density at radius 2 is 2.16 bits per heavy atom. The number of methoxy groups -OCH3 is 1. The minimum Gasteiger partial charge on any atom is -0.507 e.